The Hall–Kier alpha value is -4.31. The van der Waals surface area contributed by atoms with E-state index in [4.69, 9.17) is 5.10 Å². The molecule has 0 radical (unpaired) electrons. The summed E-state index contributed by atoms with van der Waals surface area (Å²) < 4.78 is 1.97. The van der Waals surface area contributed by atoms with Crippen LogP contribution in [0.3, 0.4) is 0 Å². The van der Waals surface area contributed by atoms with Gasteiger partial charge in [0.05, 0.1) is 11.4 Å². The first kappa shape index (κ1) is 21.5. The molecule has 5 rings (SSSR count). The largest absolute Gasteiger partial charge is 0.508 e. The van der Waals surface area contributed by atoms with Gasteiger partial charge < -0.3 is 10.2 Å². The quantitative estimate of drug-likeness (QED) is 0.295. The molecule has 0 saturated carbocycles. The molecule has 0 spiro atoms. The average molecular weight is 447 g/mol. The molecule has 0 amide bonds. The lowest BCUT2D eigenvalue weighted by Crippen LogP contribution is -2.00. The summed E-state index contributed by atoms with van der Waals surface area (Å²) in [6.45, 7) is 4.36. The monoisotopic (exact) mass is 446 g/mol. The average Bonchev–Trinajstić information content (AvgIpc) is 3.26. The Balaban J connectivity index is 1.83. The molecule has 0 aliphatic carbocycles. The first-order valence-electron chi connectivity index (χ1n) is 11.4. The summed E-state index contributed by atoms with van der Waals surface area (Å²) in [6.07, 6.45) is 0. The Morgan fingerprint density at radius 3 is 1.74 bits per heavy atom. The van der Waals surface area contributed by atoms with Gasteiger partial charge in [-0.25, -0.2) is 4.68 Å². The van der Waals surface area contributed by atoms with Crippen molar-refractivity contribution in [3.63, 3.8) is 0 Å². The Bertz CT molecular complexity index is 1400. The van der Waals surface area contributed by atoms with Crippen LogP contribution in [0, 0.1) is 0 Å². The van der Waals surface area contributed by atoms with Crippen molar-refractivity contribution in [3.05, 3.63) is 109 Å². The highest BCUT2D eigenvalue weighted by Gasteiger charge is 2.23. The number of hydrogen-bond acceptors (Lipinski definition) is 3. The van der Waals surface area contributed by atoms with Gasteiger partial charge in [-0.15, -0.1) is 0 Å². The molecule has 4 nitrogen and oxygen atoms in total. The highest BCUT2D eigenvalue weighted by molar-refractivity contribution is 5.92. The van der Waals surface area contributed by atoms with Gasteiger partial charge in [-0.05, 0) is 77.7 Å². The van der Waals surface area contributed by atoms with E-state index in [1.165, 1.54) is 5.56 Å². The summed E-state index contributed by atoms with van der Waals surface area (Å²) in [5, 5.41) is 24.9. The van der Waals surface area contributed by atoms with Crippen molar-refractivity contribution in [2.45, 2.75) is 19.8 Å². The number of benzene rings is 4. The standard InChI is InChI=1S/C30H26N2O2/c1-20(2)21-8-14-25(15-9-21)32-30(24-12-18-27(34)19-13-24)28(22-6-4-3-5-7-22)29(31-32)23-10-16-26(33)17-11-23/h3-20,33-34H,1-2H3. The predicted molar refractivity (Wildman–Crippen MR) is 137 cm³/mol. The smallest absolute Gasteiger partial charge is 0.115 e. The van der Waals surface area contributed by atoms with Crippen molar-refractivity contribution in [1.82, 2.24) is 9.78 Å². The Morgan fingerprint density at radius 2 is 1.18 bits per heavy atom. The number of hydrogen-bond donors (Lipinski definition) is 2. The van der Waals surface area contributed by atoms with Gasteiger partial charge in [-0.3, -0.25) is 0 Å². The molecular formula is C30H26N2O2. The summed E-state index contributed by atoms with van der Waals surface area (Å²) in [4.78, 5) is 0. The van der Waals surface area contributed by atoms with Gasteiger partial charge in [0.2, 0.25) is 0 Å². The van der Waals surface area contributed by atoms with Crippen molar-refractivity contribution in [2.75, 3.05) is 0 Å². The number of rotatable bonds is 5. The molecule has 4 heteroatoms. The van der Waals surface area contributed by atoms with Crippen LogP contribution in [-0.4, -0.2) is 20.0 Å². The fourth-order valence-corrected chi connectivity index (χ4v) is 4.19. The van der Waals surface area contributed by atoms with Crippen LogP contribution in [0.2, 0.25) is 0 Å². The zero-order valence-electron chi connectivity index (χ0n) is 19.2. The van der Waals surface area contributed by atoms with Crippen molar-refractivity contribution < 1.29 is 10.2 Å². The third kappa shape index (κ3) is 4.06. The van der Waals surface area contributed by atoms with Crippen molar-refractivity contribution in [1.29, 1.82) is 0 Å². The lowest BCUT2D eigenvalue weighted by molar-refractivity contribution is 0.475. The summed E-state index contributed by atoms with van der Waals surface area (Å²) >= 11 is 0. The SMILES string of the molecule is CC(C)c1ccc(-n2nc(-c3ccc(O)cc3)c(-c3ccccc3)c2-c2ccc(O)cc2)cc1. The lowest BCUT2D eigenvalue weighted by Gasteiger charge is -2.12. The summed E-state index contributed by atoms with van der Waals surface area (Å²) in [5.74, 6) is 0.874. The predicted octanol–water partition coefficient (Wildman–Crippen LogP) is 7.41. The van der Waals surface area contributed by atoms with Crippen LogP contribution in [0.25, 0.3) is 39.3 Å². The molecule has 2 N–H and O–H groups in total. The summed E-state index contributed by atoms with van der Waals surface area (Å²) in [7, 11) is 0. The molecule has 4 aromatic carbocycles. The number of aromatic nitrogens is 2. The van der Waals surface area contributed by atoms with E-state index < -0.39 is 0 Å². The lowest BCUT2D eigenvalue weighted by atomic mass is 9.95. The van der Waals surface area contributed by atoms with Gasteiger partial charge in [0, 0.05) is 16.7 Å². The molecule has 0 aliphatic rings. The van der Waals surface area contributed by atoms with Gasteiger partial charge in [-0.2, -0.15) is 5.10 Å². The van der Waals surface area contributed by atoms with Crippen LogP contribution < -0.4 is 0 Å². The van der Waals surface area contributed by atoms with E-state index in [1.54, 1.807) is 24.3 Å². The van der Waals surface area contributed by atoms with Crippen molar-refractivity contribution in [3.8, 4) is 50.8 Å². The van der Waals surface area contributed by atoms with Crippen LogP contribution in [-0.2, 0) is 0 Å². The second-order valence-corrected chi connectivity index (χ2v) is 8.69. The molecule has 34 heavy (non-hydrogen) atoms. The zero-order chi connectivity index (χ0) is 23.7. The normalized spacial score (nSPS) is 11.1. The first-order valence-corrected chi connectivity index (χ1v) is 11.4. The molecule has 5 aromatic rings. The van der Waals surface area contributed by atoms with E-state index in [2.05, 4.69) is 50.2 Å². The Labute approximate surface area is 199 Å². The Morgan fingerprint density at radius 1 is 0.618 bits per heavy atom. The highest BCUT2D eigenvalue weighted by Crippen LogP contribution is 2.42. The molecule has 168 valence electrons. The minimum Gasteiger partial charge on any atom is -0.508 e. The van der Waals surface area contributed by atoms with Crippen LogP contribution >= 0.6 is 0 Å². The van der Waals surface area contributed by atoms with E-state index in [0.29, 0.717) is 5.92 Å². The molecule has 0 aliphatic heterocycles. The maximum atomic E-state index is 9.92. The second kappa shape index (κ2) is 8.91. The van der Waals surface area contributed by atoms with Gasteiger partial charge in [0.15, 0.2) is 0 Å². The molecular weight excluding hydrogens is 420 g/mol. The van der Waals surface area contributed by atoms with Gasteiger partial charge >= 0.3 is 0 Å². The van der Waals surface area contributed by atoms with E-state index in [9.17, 15) is 10.2 Å². The molecule has 0 bridgehead atoms. The molecule has 0 fully saturated rings. The van der Waals surface area contributed by atoms with Crippen LogP contribution in [0.1, 0.15) is 25.3 Å². The van der Waals surface area contributed by atoms with Crippen molar-refractivity contribution >= 4 is 0 Å². The third-order valence-corrected chi connectivity index (χ3v) is 6.03. The van der Waals surface area contributed by atoms with E-state index >= 15 is 0 Å². The highest BCUT2D eigenvalue weighted by atomic mass is 16.3. The first-order chi connectivity index (χ1) is 16.5. The fourth-order valence-electron chi connectivity index (χ4n) is 4.19. The van der Waals surface area contributed by atoms with Gasteiger partial charge in [0.1, 0.15) is 17.2 Å². The molecule has 1 aromatic heterocycles. The zero-order valence-corrected chi connectivity index (χ0v) is 19.2. The minimum atomic E-state index is 0.215. The molecule has 0 atom stereocenters. The van der Waals surface area contributed by atoms with Gasteiger partial charge in [-0.1, -0.05) is 56.3 Å². The molecule has 0 unspecified atom stereocenters. The van der Waals surface area contributed by atoms with Crippen LogP contribution in [0.5, 0.6) is 11.5 Å². The molecule has 1 heterocycles. The summed E-state index contributed by atoms with van der Waals surface area (Å²) in [6, 6.07) is 33.0. The Kier molecular flexibility index (Phi) is 5.64. The number of phenolic OH excluding ortho intramolecular Hbond substituents is 2. The number of nitrogens with zero attached hydrogens (tertiary/aromatic N) is 2. The maximum absolute atomic E-state index is 9.92. The topological polar surface area (TPSA) is 58.3 Å². The van der Waals surface area contributed by atoms with Crippen LogP contribution in [0.4, 0.5) is 0 Å². The number of aromatic hydroxyl groups is 2. The van der Waals surface area contributed by atoms with Gasteiger partial charge in [0.25, 0.3) is 0 Å². The maximum Gasteiger partial charge on any atom is 0.115 e. The second-order valence-electron chi connectivity index (χ2n) is 8.69. The van der Waals surface area contributed by atoms with Crippen molar-refractivity contribution in [2.24, 2.45) is 0 Å². The number of phenols is 2. The third-order valence-electron chi connectivity index (χ3n) is 6.03. The summed E-state index contributed by atoms with van der Waals surface area (Å²) in [5.41, 5.74) is 7.87. The van der Waals surface area contributed by atoms with E-state index in [-0.39, 0.29) is 11.5 Å². The fraction of sp³-hybridized carbons (Fsp3) is 0.100. The van der Waals surface area contributed by atoms with E-state index in [1.807, 2.05) is 47.1 Å². The van der Waals surface area contributed by atoms with Crippen LogP contribution in [0.15, 0.2) is 103 Å². The van der Waals surface area contributed by atoms with E-state index in [0.717, 1.165) is 39.3 Å². The minimum absolute atomic E-state index is 0.215. The molecule has 0 saturated heterocycles.